The molecule has 4 heteroatoms. The fraction of sp³-hybridized carbons (Fsp3) is 0.353. The lowest BCUT2D eigenvalue weighted by Crippen LogP contribution is -2.27. The Hall–Kier alpha value is -2.07. The Kier molecular flexibility index (Phi) is 5.17. The first-order valence-electron chi connectivity index (χ1n) is 7.19. The number of rotatable bonds is 6. The van der Waals surface area contributed by atoms with E-state index in [1.54, 1.807) is 19.4 Å². The highest BCUT2D eigenvalue weighted by Gasteiger charge is 2.15. The summed E-state index contributed by atoms with van der Waals surface area (Å²) in [5.41, 5.74) is 2.17. The molecule has 1 N–H and O–H groups in total. The van der Waals surface area contributed by atoms with E-state index in [2.05, 4.69) is 35.9 Å². The van der Waals surface area contributed by atoms with E-state index in [-0.39, 0.29) is 11.6 Å². The zero-order chi connectivity index (χ0) is 15.2. The maximum absolute atomic E-state index is 11.4. The van der Waals surface area contributed by atoms with Gasteiger partial charge in [-0.25, -0.2) is 0 Å². The number of aromatic nitrogens is 1. The van der Waals surface area contributed by atoms with Gasteiger partial charge in [0.15, 0.2) is 0 Å². The molecule has 0 aliphatic carbocycles. The van der Waals surface area contributed by atoms with Crippen LogP contribution >= 0.6 is 0 Å². The van der Waals surface area contributed by atoms with Crippen LogP contribution in [0.2, 0.25) is 0 Å². The molecule has 0 aliphatic heterocycles. The smallest absolute Gasteiger partial charge is 0.248 e. The minimum absolute atomic E-state index is 0.0578. The van der Waals surface area contributed by atoms with Crippen molar-refractivity contribution >= 4 is 0 Å². The highest BCUT2D eigenvalue weighted by Crippen LogP contribution is 2.24. The van der Waals surface area contributed by atoms with Crippen molar-refractivity contribution in [1.82, 2.24) is 9.88 Å². The molecule has 0 bridgehead atoms. The van der Waals surface area contributed by atoms with Crippen LogP contribution in [0.5, 0.6) is 5.75 Å². The molecular weight excluding hydrogens is 264 g/mol. The summed E-state index contributed by atoms with van der Waals surface area (Å²) in [6, 6.07) is 12.0. The third kappa shape index (κ3) is 3.95. The van der Waals surface area contributed by atoms with E-state index < -0.39 is 0 Å². The van der Waals surface area contributed by atoms with Crippen molar-refractivity contribution in [2.24, 2.45) is 0 Å². The van der Waals surface area contributed by atoms with Crippen molar-refractivity contribution in [2.45, 2.75) is 26.4 Å². The molecule has 0 radical (unpaired) electrons. The van der Waals surface area contributed by atoms with Crippen molar-refractivity contribution in [3.05, 3.63) is 64.1 Å². The van der Waals surface area contributed by atoms with Crippen LogP contribution in [-0.4, -0.2) is 23.5 Å². The van der Waals surface area contributed by atoms with Crippen molar-refractivity contribution < 1.29 is 4.74 Å². The summed E-state index contributed by atoms with van der Waals surface area (Å²) in [4.78, 5) is 16.4. The number of benzene rings is 1. The minimum Gasteiger partial charge on any atom is -0.497 e. The van der Waals surface area contributed by atoms with Crippen LogP contribution in [-0.2, 0) is 6.54 Å². The van der Waals surface area contributed by atoms with Gasteiger partial charge in [0.25, 0.3) is 0 Å². The second kappa shape index (κ2) is 7.09. The third-order valence-electron chi connectivity index (χ3n) is 3.76. The molecule has 0 saturated heterocycles. The van der Waals surface area contributed by atoms with Gasteiger partial charge < -0.3 is 9.72 Å². The first-order chi connectivity index (χ1) is 10.1. The Bertz CT molecular complexity index is 636. The average Bonchev–Trinajstić information content (AvgIpc) is 2.52. The maximum atomic E-state index is 11.4. The van der Waals surface area contributed by atoms with E-state index in [1.165, 1.54) is 5.56 Å². The number of ether oxygens (including phenoxy) is 1. The Morgan fingerprint density at radius 3 is 2.76 bits per heavy atom. The molecule has 0 fully saturated rings. The molecule has 2 aromatic rings. The summed E-state index contributed by atoms with van der Waals surface area (Å²) in [5, 5.41) is 0. The van der Waals surface area contributed by atoms with Crippen molar-refractivity contribution in [1.29, 1.82) is 0 Å². The summed E-state index contributed by atoms with van der Waals surface area (Å²) in [5.74, 6) is 0.867. The Balaban J connectivity index is 2.17. The molecule has 1 aromatic heterocycles. The van der Waals surface area contributed by atoms with E-state index in [0.717, 1.165) is 24.4 Å². The van der Waals surface area contributed by atoms with Crippen molar-refractivity contribution in [2.75, 3.05) is 13.7 Å². The molecule has 1 heterocycles. The number of pyridine rings is 1. The highest BCUT2D eigenvalue weighted by molar-refractivity contribution is 5.30. The van der Waals surface area contributed by atoms with Gasteiger partial charge >= 0.3 is 0 Å². The minimum atomic E-state index is -0.0578. The number of methoxy groups -OCH3 is 1. The van der Waals surface area contributed by atoms with Gasteiger partial charge in [-0.15, -0.1) is 0 Å². The maximum Gasteiger partial charge on any atom is 0.248 e. The van der Waals surface area contributed by atoms with Crippen LogP contribution in [0.4, 0.5) is 0 Å². The standard InChI is InChI=1S/C17H22N2O2/c1-4-19(12-14-8-9-18-17(20)10-14)13(2)15-6-5-7-16(11-15)21-3/h5-11,13H,4,12H2,1-3H3,(H,18,20). The Labute approximate surface area is 125 Å². The molecule has 4 nitrogen and oxygen atoms in total. The van der Waals surface area contributed by atoms with Gasteiger partial charge in [0.2, 0.25) is 5.56 Å². The number of aromatic amines is 1. The average molecular weight is 286 g/mol. The van der Waals surface area contributed by atoms with Crippen LogP contribution < -0.4 is 10.3 Å². The van der Waals surface area contributed by atoms with Crippen LogP contribution in [0.15, 0.2) is 47.4 Å². The normalized spacial score (nSPS) is 12.4. The predicted molar refractivity (Wildman–Crippen MR) is 84.6 cm³/mol. The van der Waals surface area contributed by atoms with Crippen molar-refractivity contribution in [3.8, 4) is 5.75 Å². The highest BCUT2D eigenvalue weighted by atomic mass is 16.5. The van der Waals surface area contributed by atoms with Gasteiger partial charge in [-0.3, -0.25) is 9.69 Å². The zero-order valence-electron chi connectivity index (χ0n) is 12.8. The van der Waals surface area contributed by atoms with Gasteiger partial charge in [0.05, 0.1) is 7.11 Å². The largest absolute Gasteiger partial charge is 0.497 e. The second-order valence-electron chi connectivity index (χ2n) is 5.08. The number of hydrogen-bond acceptors (Lipinski definition) is 3. The lowest BCUT2D eigenvalue weighted by atomic mass is 10.1. The predicted octanol–water partition coefficient (Wildman–Crippen LogP) is 2.97. The fourth-order valence-corrected chi connectivity index (χ4v) is 2.46. The molecule has 1 unspecified atom stereocenters. The summed E-state index contributed by atoms with van der Waals surface area (Å²) in [6.45, 7) is 5.96. The number of nitrogens with one attached hydrogen (secondary N) is 1. The van der Waals surface area contributed by atoms with Crippen LogP contribution in [0, 0.1) is 0 Å². The molecular formula is C17H22N2O2. The molecule has 0 saturated carbocycles. The first-order valence-corrected chi connectivity index (χ1v) is 7.19. The number of hydrogen-bond donors (Lipinski definition) is 1. The van der Waals surface area contributed by atoms with Crippen molar-refractivity contribution in [3.63, 3.8) is 0 Å². The lowest BCUT2D eigenvalue weighted by Gasteiger charge is -2.28. The summed E-state index contributed by atoms with van der Waals surface area (Å²) >= 11 is 0. The van der Waals surface area contributed by atoms with Gasteiger partial charge in [0.1, 0.15) is 5.75 Å². The first kappa shape index (κ1) is 15.3. The molecule has 112 valence electrons. The molecule has 0 spiro atoms. The second-order valence-corrected chi connectivity index (χ2v) is 5.08. The summed E-state index contributed by atoms with van der Waals surface area (Å²) < 4.78 is 5.29. The quantitative estimate of drug-likeness (QED) is 0.888. The topological polar surface area (TPSA) is 45.3 Å². The molecule has 1 aromatic carbocycles. The van der Waals surface area contributed by atoms with E-state index in [1.807, 2.05) is 18.2 Å². The fourth-order valence-electron chi connectivity index (χ4n) is 2.46. The SMILES string of the molecule is CCN(Cc1cc[nH]c(=O)c1)C(C)c1cccc(OC)c1. The molecule has 2 rings (SSSR count). The molecule has 0 amide bonds. The number of H-pyrrole nitrogens is 1. The van der Waals surface area contributed by atoms with Gasteiger partial charge in [-0.2, -0.15) is 0 Å². The van der Waals surface area contributed by atoms with Gasteiger partial charge in [-0.1, -0.05) is 19.1 Å². The lowest BCUT2D eigenvalue weighted by molar-refractivity contribution is 0.212. The van der Waals surface area contributed by atoms with E-state index in [9.17, 15) is 4.79 Å². The zero-order valence-corrected chi connectivity index (χ0v) is 12.8. The molecule has 1 atom stereocenters. The van der Waals surface area contributed by atoms with Crippen LogP contribution in [0.1, 0.15) is 31.0 Å². The van der Waals surface area contributed by atoms with Gasteiger partial charge in [0, 0.05) is 24.8 Å². The van der Waals surface area contributed by atoms with E-state index in [4.69, 9.17) is 4.74 Å². The molecule has 0 aliphatic rings. The third-order valence-corrected chi connectivity index (χ3v) is 3.76. The monoisotopic (exact) mass is 286 g/mol. The van der Waals surface area contributed by atoms with E-state index >= 15 is 0 Å². The Morgan fingerprint density at radius 1 is 1.29 bits per heavy atom. The molecule has 21 heavy (non-hydrogen) atoms. The van der Waals surface area contributed by atoms with Crippen LogP contribution in [0.25, 0.3) is 0 Å². The van der Waals surface area contributed by atoms with Crippen LogP contribution in [0.3, 0.4) is 0 Å². The number of nitrogens with zero attached hydrogens (tertiary/aromatic N) is 1. The van der Waals surface area contributed by atoms with Gasteiger partial charge in [-0.05, 0) is 42.8 Å². The van der Waals surface area contributed by atoms with E-state index in [0.29, 0.717) is 0 Å². The Morgan fingerprint density at radius 2 is 2.10 bits per heavy atom. The summed E-state index contributed by atoms with van der Waals surface area (Å²) in [6.07, 6.45) is 1.70. The summed E-state index contributed by atoms with van der Waals surface area (Å²) in [7, 11) is 1.68.